The molecule has 0 radical (unpaired) electrons. The van der Waals surface area contributed by atoms with Crippen LogP contribution in [0.3, 0.4) is 0 Å². The van der Waals surface area contributed by atoms with Gasteiger partial charge in [-0.05, 0) is 24.5 Å². The maximum absolute atomic E-state index is 13.0. The molecule has 1 fully saturated rings. The number of H-pyrrole nitrogens is 1. The number of amides is 1. The summed E-state index contributed by atoms with van der Waals surface area (Å²) in [6.45, 7) is 1.67. The van der Waals surface area contributed by atoms with Crippen molar-refractivity contribution in [2.75, 3.05) is 13.1 Å². The predicted molar refractivity (Wildman–Crippen MR) is 99.8 cm³/mol. The molecule has 5 nitrogen and oxygen atoms in total. The van der Waals surface area contributed by atoms with E-state index >= 15 is 0 Å². The fourth-order valence-corrected chi connectivity index (χ4v) is 4.24. The Morgan fingerprint density at radius 3 is 2.76 bits per heavy atom. The van der Waals surface area contributed by atoms with Crippen LogP contribution >= 0.6 is 23.4 Å². The van der Waals surface area contributed by atoms with Crippen molar-refractivity contribution in [3.8, 4) is 0 Å². The number of aromatic nitrogens is 3. The molecule has 25 heavy (non-hydrogen) atoms. The van der Waals surface area contributed by atoms with E-state index in [0.29, 0.717) is 15.8 Å². The van der Waals surface area contributed by atoms with Gasteiger partial charge >= 0.3 is 0 Å². The van der Waals surface area contributed by atoms with Crippen LogP contribution in [0.5, 0.6) is 0 Å². The van der Waals surface area contributed by atoms with E-state index in [4.69, 9.17) is 11.6 Å². The van der Waals surface area contributed by atoms with Crippen LogP contribution < -0.4 is 0 Å². The summed E-state index contributed by atoms with van der Waals surface area (Å²) in [7, 11) is 0. The van der Waals surface area contributed by atoms with Gasteiger partial charge in [-0.25, -0.2) is 9.97 Å². The van der Waals surface area contributed by atoms with Crippen molar-refractivity contribution in [1.82, 2.24) is 19.9 Å². The molecule has 0 bridgehead atoms. The lowest BCUT2D eigenvalue weighted by molar-refractivity contribution is -0.129. The molecule has 0 saturated carbocycles. The Morgan fingerprint density at radius 2 is 2.00 bits per heavy atom. The van der Waals surface area contributed by atoms with E-state index < -0.39 is 0 Å². The fraction of sp³-hybridized carbons (Fsp3) is 0.278. The van der Waals surface area contributed by atoms with Crippen LogP contribution in [0, 0.1) is 0 Å². The standard InChI is InChI=1S/C18H17ClN4OS/c19-13-10-14-16(20-11-13)22-18(21-14)25-15(12-6-2-1-3-7-12)17(24)23-8-4-5-9-23/h1-3,6-7,10-11,15H,4-5,8-9H2,(H,20,21,22). The zero-order chi connectivity index (χ0) is 17.2. The minimum absolute atomic E-state index is 0.139. The highest BCUT2D eigenvalue weighted by molar-refractivity contribution is 8.00. The van der Waals surface area contributed by atoms with Gasteiger partial charge in [0.2, 0.25) is 5.91 Å². The van der Waals surface area contributed by atoms with Crippen molar-refractivity contribution in [2.24, 2.45) is 0 Å². The number of imidazole rings is 1. The number of pyridine rings is 1. The quantitative estimate of drug-likeness (QED) is 0.701. The number of nitrogens with one attached hydrogen (secondary N) is 1. The summed E-state index contributed by atoms with van der Waals surface area (Å²) in [5.41, 5.74) is 2.36. The summed E-state index contributed by atoms with van der Waals surface area (Å²) in [5.74, 6) is 0.139. The van der Waals surface area contributed by atoms with Crippen LogP contribution in [0.15, 0.2) is 47.8 Å². The molecule has 1 saturated heterocycles. The number of rotatable bonds is 4. The molecular formula is C18H17ClN4OS. The van der Waals surface area contributed by atoms with Crippen molar-refractivity contribution in [1.29, 1.82) is 0 Å². The fourth-order valence-electron chi connectivity index (χ4n) is 3.01. The lowest BCUT2D eigenvalue weighted by Crippen LogP contribution is -2.31. The van der Waals surface area contributed by atoms with E-state index in [1.165, 1.54) is 11.8 Å². The number of likely N-dealkylation sites (tertiary alicyclic amines) is 1. The lowest BCUT2D eigenvalue weighted by atomic mass is 10.1. The molecule has 3 heterocycles. The van der Waals surface area contributed by atoms with E-state index in [-0.39, 0.29) is 11.2 Å². The number of benzene rings is 1. The minimum atomic E-state index is -0.324. The molecule has 1 aliphatic rings. The number of aromatic amines is 1. The molecule has 0 aliphatic carbocycles. The van der Waals surface area contributed by atoms with Gasteiger partial charge < -0.3 is 9.88 Å². The summed E-state index contributed by atoms with van der Waals surface area (Å²) in [5, 5.41) is 0.905. The Labute approximate surface area is 154 Å². The highest BCUT2D eigenvalue weighted by Crippen LogP contribution is 2.36. The molecule has 1 atom stereocenters. The minimum Gasteiger partial charge on any atom is -0.341 e. The average Bonchev–Trinajstić information content (AvgIpc) is 3.29. The molecule has 7 heteroatoms. The highest BCUT2D eigenvalue weighted by Gasteiger charge is 2.29. The first-order valence-corrected chi connectivity index (χ1v) is 9.48. The molecule has 4 rings (SSSR count). The number of carbonyl (C=O) groups is 1. The molecule has 128 valence electrons. The maximum Gasteiger partial charge on any atom is 0.240 e. The van der Waals surface area contributed by atoms with Crippen molar-refractivity contribution in [3.63, 3.8) is 0 Å². The van der Waals surface area contributed by atoms with Gasteiger partial charge in [0.05, 0.1) is 10.5 Å². The molecule has 1 aliphatic heterocycles. The number of halogens is 1. The van der Waals surface area contributed by atoms with Crippen LogP contribution in [0.4, 0.5) is 0 Å². The summed E-state index contributed by atoms with van der Waals surface area (Å²) in [4.78, 5) is 26.9. The van der Waals surface area contributed by atoms with Crippen LogP contribution in [0.25, 0.3) is 11.2 Å². The Balaban J connectivity index is 1.66. The van der Waals surface area contributed by atoms with Crippen molar-refractivity contribution in [3.05, 3.63) is 53.2 Å². The van der Waals surface area contributed by atoms with Gasteiger partial charge in [0.25, 0.3) is 0 Å². The molecule has 0 spiro atoms. The smallest absolute Gasteiger partial charge is 0.240 e. The number of hydrogen-bond donors (Lipinski definition) is 1. The van der Waals surface area contributed by atoms with Gasteiger partial charge in [-0.2, -0.15) is 0 Å². The van der Waals surface area contributed by atoms with Gasteiger partial charge in [0, 0.05) is 19.3 Å². The molecule has 2 aromatic heterocycles. The Morgan fingerprint density at radius 1 is 1.24 bits per heavy atom. The van der Waals surface area contributed by atoms with E-state index in [1.54, 1.807) is 12.3 Å². The third kappa shape index (κ3) is 3.50. The zero-order valence-corrected chi connectivity index (χ0v) is 15.1. The Kier molecular flexibility index (Phi) is 4.63. The average molecular weight is 373 g/mol. The first kappa shape index (κ1) is 16.4. The number of thioether (sulfide) groups is 1. The Bertz CT molecular complexity index is 892. The van der Waals surface area contributed by atoms with Crippen LogP contribution in [0.1, 0.15) is 23.7 Å². The van der Waals surface area contributed by atoms with Crippen molar-refractivity contribution >= 4 is 40.4 Å². The number of nitrogens with zero attached hydrogens (tertiary/aromatic N) is 3. The molecule has 1 unspecified atom stereocenters. The molecule has 3 aromatic rings. The van der Waals surface area contributed by atoms with Crippen molar-refractivity contribution in [2.45, 2.75) is 23.2 Å². The third-order valence-electron chi connectivity index (χ3n) is 4.26. The molecule has 1 aromatic carbocycles. The summed E-state index contributed by atoms with van der Waals surface area (Å²) >= 11 is 7.42. The van der Waals surface area contributed by atoms with E-state index in [0.717, 1.165) is 37.0 Å². The normalized spacial score (nSPS) is 15.6. The predicted octanol–water partition coefficient (Wildman–Crippen LogP) is 4.07. The maximum atomic E-state index is 13.0. The van der Waals surface area contributed by atoms with Gasteiger partial charge in [0.15, 0.2) is 10.8 Å². The molecule has 1 amide bonds. The second kappa shape index (κ2) is 7.06. The zero-order valence-electron chi connectivity index (χ0n) is 13.5. The van der Waals surface area contributed by atoms with Crippen LogP contribution in [0.2, 0.25) is 5.02 Å². The van der Waals surface area contributed by atoms with E-state index in [9.17, 15) is 4.79 Å². The van der Waals surface area contributed by atoms with Crippen LogP contribution in [-0.2, 0) is 4.79 Å². The Hall–Kier alpha value is -2.05. The topological polar surface area (TPSA) is 61.9 Å². The first-order chi connectivity index (χ1) is 12.2. The number of carbonyl (C=O) groups excluding carboxylic acids is 1. The monoisotopic (exact) mass is 372 g/mol. The molecular weight excluding hydrogens is 356 g/mol. The third-order valence-corrected chi connectivity index (χ3v) is 5.59. The first-order valence-electron chi connectivity index (χ1n) is 8.22. The summed E-state index contributed by atoms with van der Waals surface area (Å²) in [6, 6.07) is 11.6. The van der Waals surface area contributed by atoms with Gasteiger partial charge in [0.1, 0.15) is 5.25 Å². The number of fused-ring (bicyclic) bond motifs is 1. The highest BCUT2D eigenvalue weighted by atomic mass is 35.5. The van der Waals surface area contributed by atoms with Gasteiger partial charge in [-0.15, -0.1) is 0 Å². The van der Waals surface area contributed by atoms with Gasteiger partial charge in [-0.3, -0.25) is 4.79 Å². The SMILES string of the molecule is O=C(C(Sc1nc2ncc(Cl)cc2[nH]1)c1ccccc1)N1CCCC1. The van der Waals surface area contributed by atoms with Gasteiger partial charge in [-0.1, -0.05) is 53.7 Å². The second-order valence-corrected chi connectivity index (χ2v) is 7.54. The van der Waals surface area contributed by atoms with E-state index in [1.807, 2.05) is 35.2 Å². The summed E-state index contributed by atoms with van der Waals surface area (Å²) < 4.78 is 0. The molecule has 1 N–H and O–H groups in total. The summed E-state index contributed by atoms with van der Waals surface area (Å²) in [6.07, 6.45) is 3.72. The second-order valence-electron chi connectivity index (χ2n) is 6.01. The van der Waals surface area contributed by atoms with Crippen molar-refractivity contribution < 1.29 is 4.79 Å². The largest absolute Gasteiger partial charge is 0.341 e. The van der Waals surface area contributed by atoms with Crippen LogP contribution in [-0.4, -0.2) is 38.8 Å². The van der Waals surface area contributed by atoms with E-state index in [2.05, 4.69) is 15.0 Å². The number of hydrogen-bond acceptors (Lipinski definition) is 4. The lowest BCUT2D eigenvalue weighted by Gasteiger charge is -2.22.